The summed E-state index contributed by atoms with van der Waals surface area (Å²) in [5, 5.41) is -0.533. The number of halogens is 5. The maximum absolute atomic E-state index is 11.9. The van der Waals surface area contributed by atoms with Crippen LogP contribution in [0, 0.1) is 0 Å². The van der Waals surface area contributed by atoms with Crippen LogP contribution in [0.4, 0.5) is 13.2 Å². The van der Waals surface area contributed by atoms with Gasteiger partial charge in [-0.1, -0.05) is 23.2 Å². The van der Waals surface area contributed by atoms with Gasteiger partial charge in [0.05, 0.1) is 6.42 Å². The van der Waals surface area contributed by atoms with Crippen LogP contribution in [0.15, 0.2) is 6.33 Å². The summed E-state index contributed by atoms with van der Waals surface area (Å²) in [5.41, 5.74) is -0.293. The van der Waals surface area contributed by atoms with E-state index in [-0.39, 0.29) is 15.9 Å². The molecule has 1 rings (SSSR count). The van der Waals surface area contributed by atoms with Gasteiger partial charge >= 0.3 is 6.18 Å². The maximum atomic E-state index is 11.9. The Balaban J connectivity index is 3.00. The molecular weight excluding hydrogens is 228 g/mol. The molecule has 0 atom stereocenters. The van der Waals surface area contributed by atoms with E-state index in [1.54, 1.807) is 0 Å². The molecule has 0 aliphatic heterocycles. The summed E-state index contributed by atoms with van der Waals surface area (Å²) in [6.45, 7) is 0. The second-order valence-electron chi connectivity index (χ2n) is 2.23. The highest BCUT2D eigenvalue weighted by molar-refractivity contribution is 6.34. The van der Waals surface area contributed by atoms with Gasteiger partial charge in [0.15, 0.2) is 0 Å². The van der Waals surface area contributed by atoms with E-state index in [2.05, 4.69) is 9.97 Å². The van der Waals surface area contributed by atoms with Crippen molar-refractivity contribution in [1.82, 2.24) is 9.97 Å². The Morgan fingerprint density at radius 2 is 1.62 bits per heavy atom. The van der Waals surface area contributed by atoms with Gasteiger partial charge in [-0.05, 0) is 0 Å². The zero-order valence-corrected chi connectivity index (χ0v) is 7.58. The van der Waals surface area contributed by atoms with E-state index >= 15 is 0 Å². The number of alkyl halides is 3. The van der Waals surface area contributed by atoms with E-state index < -0.39 is 12.6 Å². The molecule has 0 saturated heterocycles. The molecule has 0 saturated carbocycles. The standard InChI is InChI=1S/C6H3Cl2F3N2/c7-4-3(1-6(9,10)11)5(8)13-2-12-4/h2H,1H2. The molecule has 0 N–H and O–H groups in total. The number of nitrogens with zero attached hydrogens (tertiary/aromatic N) is 2. The number of hydrogen-bond donors (Lipinski definition) is 0. The first kappa shape index (κ1) is 10.5. The Labute approximate surface area is 81.7 Å². The fourth-order valence-electron chi connectivity index (χ4n) is 0.718. The summed E-state index contributed by atoms with van der Waals surface area (Å²) in [5.74, 6) is 0. The van der Waals surface area contributed by atoms with E-state index in [0.29, 0.717) is 0 Å². The third-order valence-corrected chi connectivity index (χ3v) is 1.87. The van der Waals surface area contributed by atoms with Crippen molar-refractivity contribution in [2.45, 2.75) is 12.6 Å². The van der Waals surface area contributed by atoms with Gasteiger partial charge in [-0.25, -0.2) is 9.97 Å². The molecule has 72 valence electrons. The van der Waals surface area contributed by atoms with Gasteiger partial charge in [-0.2, -0.15) is 13.2 Å². The molecule has 1 aromatic rings. The van der Waals surface area contributed by atoms with Crippen LogP contribution in [-0.2, 0) is 6.42 Å². The van der Waals surface area contributed by atoms with Crippen molar-refractivity contribution in [3.05, 3.63) is 22.2 Å². The highest BCUT2D eigenvalue weighted by Gasteiger charge is 2.30. The summed E-state index contributed by atoms with van der Waals surface area (Å²) in [6, 6.07) is 0. The molecule has 0 amide bonds. The maximum Gasteiger partial charge on any atom is 0.393 e. The van der Waals surface area contributed by atoms with Gasteiger partial charge in [-0.15, -0.1) is 0 Å². The molecule has 0 aliphatic rings. The normalized spacial score (nSPS) is 11.8. The molecular formula is C6H3Cl2F3N2. The zero-order valence-electron chi connectivity index (χ0n) is 6.07. The van der Waals surface area contributed by atoms with Gasteiger partial charge in [0, 0.05) is 5.56 Å². The molecule has 0 aromatic carbocycles. The molecule has 2 nitrogen and oxygen atoms in total. The Bertz CT molecular complexity index is 293. The summed E-state index contributed by atoms with van der Waals surface area (Å²) in [4.78, 5) is 6.79. The zero-order chi connectivity index (χ0) is 10.1. The van der Waals surface area contributed by atoms with Crippen molar-refractivity contribution in [3.8, 4) is 0 Å². The molecule has 0 bridgehead atoms. The molecule has 7 heteroatoms. The monoisotopic (exact) mass is 230 g/mol. The summed E-state index contributed by atoms with van der Waals surface area (Å²) < 4.78 is 35.8. The van der Waals surface area contributed by atoms with Crippen LogP contribution < -0.4 is 0 Å². The number of hydrogen-bond acceptors (Lipinski definition) is 2. The van der Waals surface area contributed by atoms with E-state index in [9.17, 15) is 13.2 Å². The quantitative estimate of drug-likeness (QED) is 0.694. The average molecular weight is 231 g/mol. The highest BCUT2D eigenvalue weighted by Crippen LogP contribution is 2.28. The Morgan fingerprint density at radius 1 is 1.15 bits per heavy atom. The van der Waals surface area contributed by atoms with Crippen LogP contribution in [0.25, 0.3) is 0 Å². The summed E-state index contributed by atoms with van der Waals surface area (Å²) in [6.07, 6.45) is -4.58. The van der Waals surface area contributed by atoms with Crippen molar-refractivity contribution < 1.29 is 13.2 Å². The van der Waals surface area contributed by atoms with Gasteiger partial charge < -0.3 is 0 Å². The van der Waals surface area contributed by atoms with Gasteiger partial charge in [0.2, 0.25) is 0 Å². The smallest absolute Gasteiger partial charge is 0.224 e. The minimum atomic E-state index is -4.36. The third-order valence-electron chi connectivity index (χ3n) is 1.22. The SMILES string of the molecule is FC(F)(F)Cc1c(Cl)ncnc1Cl. The molecule has 0 aliphatic carbocycles. The lowest BCUT2D eigenvalue weighted by molar-refractivity contribution is -0.127. The van der Waals surface area contributed by atoms with Gasteiger partial charge in [0.1, 0.15) is 16.6 Å². The first-order valence-electron chi connectivity index (χ1n) is 3.12. The van der Waals surface area contributed by atoms with Crippen LogP contribution in [0.3, 0.4) is 0 Å². The molecule has 1 heterocycles. The number of aromatic nitrogens is 2. The summed E-state index contributed by atoms with van der Waals surface area (Å²) >= 11 is 10.8. The molecule has 1 aromatic heterocycles. The van der Waals surface area contributed by atoms with Crippen molar-refractivity contribution in [2.75, 3.05) is 0 Å². The number of rotatable bonds is 1. The average Bonchev–Trinajstić information content (AvgIpc) is 1.95. The Hall–Kier alpha value is -0.550. The Morgan fingerprint density at radius 3 is 2.00 bits per heavy atom. The second kappa shape index (κ2) is 3.67. The van der Waals surface area contributed by atoms with Crippen molar-refractivity contribution in [1.29, 1.82) is 0 Å². The fraction of sp³-hybridized carbons (Fsp3) is 0.333. The topological polar surface area (TPSA) is 25.8 Å². The highest BCUT2D eigenvalue weighted by atomic mass is 35.5. The lowest BCUT2D eigenvalue weighted by Crippen LogP contribution is -2.13. The minimum Gasteiger partial charge on any atom is -0.224 e. The van der Waals surface area contributed by atoms with Crippen molar-refractivity contribution >= 4 is 23.2 Å². The molecule has 13 heavy (non-hydrogen) atoms. The second-order valence-corrected chi connectivity index (χ2v) is 2.94. The van der Waals surface area contributed by atoms with E-state index in [1.165, 1.54) is 0 Å². The predicted molar refractivity (Wildman–Crippen MR) is 41.8 cm³/mol. The lowest BCUT2D eigenvalue weighted by Gasteiger charge is -2.07. The van der Waals surface area contributed by atoms with Gasteiger partial charge in [-0.3, -0.25) is 0 Å². The van der Waals surface area contributed by atoms with E-state index in [0.717, 1.165) is 6.33 Å². The molecule has 0 radical (unpaired) electrons. The van der Waals surface area contributed by atoms with Crippen LogP contribution in [0.1, 0.15) is 5.56 Å². The fourth-order valence-corrected chi connectivity index (χ4v) is 1.17. The van der Waals surface area contributed by atoms with Gasteiger partial charge in [0.25, 0.3) is 0 Å². The van der Waals surface area contributed by atoms with Crippen molar-refractivity contribution in [3.63, 3.8) is 0 Å². The lowest BCUT2D eigenvalue weighted by atomic mass is 10.2. The summed E-state index contributed by atoms with van der Waals surface area (Å²) in [7, 11) is 0. The van der Waals surface area contributed by atoms with Crippen LogP contribution in [0.5, 0.6) is 0 Å². The molecule has 0 unspecified atom stereocenters. The van der Waals surface area contributed by atoms with E-state index in [1.807, 2.05) is 0 Å². The van der Waals surface area contributed by atoms with Crippen molar-refractivity contribution in [2.24, 2.45) is 0 Å². The first-order valence-corrected chi connectivity index (χ1v) is 3.87. The van der Waals surface area contributed by atoms with Crippen LogP contribution >= 0.6 is 23.2 Å². The Kier molecular flexibility index (Phi) is 2.98. The first-order chi connectivity index (χ1) is 5.90. The molecule has 0 fully saturated rings. The van der Waals surface area contributed by atoms with Crippen LogP contribution in [-0.4, -0.2) is 16.1 Å². The third kappa shape index (κ3) is 3.00. The van der Waals surface area contributed by atoms with Crippen LogP contribution in [0.2, 0.25) is 10.3 Å². The van der Waals surface area contributed by atoms with E-state index in [4.69, 9.17) is 23.2 Å². The largest absolute Gasteiger partial charge is 0.393 e. The molecule has 0 spiro atoms. The minimum absolute atomic E-state index is 0.266. The predicted octanol–water partition coefficient (Wildman–Crippen LogP) is 2.89.